The summed E-state index contributed by atoms with van der Waals surface area (Å²) in [7, 11) is 1.33. The third-order valence-corrected chi connectivity index (χ3v) is 4.72. The van der Waals surface area contributed by atoms with Crippen LogP contribution in [-0.4, -0.2) is 23.6 Å². The summed E-state index contributed by atoms with van der Waals surface area (Å²) in [5.41, 5.74) is 0.774. The van der Waals surface area contributed by atoms with E-state index in [9.17, 15) is 14.0 Å². The third-order valence-electron chi connectivity index (χ3n) is 3.66. The van der Waals surface area contributed by atoms with Crippen LogP contribution in [0.2, 0.25) is 0 Å². The average Bonchev–Trinajstić information content (AvgIpc) is 2.97. The summed E-state index contributed by atoms with van der Waals surface area (Å²) in [5, 5.41) is 0. The van der Waals surface area contributed by atoms with Crippen LogP contribution in [0.15, 0.2) is 53.5 Å². The maximum absolute atomic E-state index is 13.8. The van der Waals surface area contributed by atoms with Gasteiger partial charge < -0.3 is 9.30 Å². The largest absolute Gasteiger partial charge is 0.469 e. The predicted octanol–water partition coefficient (Wildman–Crippen LogP) is 3.15. The van der Waals surface area contributed by atoms with Crippen molar-refractivity contribution in [3.8, 4) is 0 Å². The number of hydrogen-bond donors (Lipinski definition) is 0. The van der Waals surface area contributed by atoms with Crippen LogP contribution >= 0.6 is 11.3 Å². The van der Waals surface area contributed by atoms with Gasteiger partial charge in [0, 0.05) is 6.54 Å². The number of aromatic nitrogens is 1. The van der Waals surface area contributed by atoms with E-state index in [1.165, 1.54) is 36.6 Å². The van der Waals surface area contributed by atoms with Crippen molar-refractivity contribution in [2.24, 2.45) is 4.99 Å². The minimum absolute atomic E-state index is 0.0838. The first-order chi connectivity index (χ1) is 12.1. The molecule has 3 rings (SSSR count). The van der Waals surface area contributed by atoms with E-state index in [1.54, 1.807) is 10.6 Å². The van der Waals surface area contributed by atoms with Crippen molar-refractivity contribution in [2.45, 2.75) is 13.0 Å². The van der Waals surface area contributed by atoms with Crippen molar-refractivity contribution >= 4 is 33.4 Å². The number of nitrogens with zero attached hydrogens (tertiary/aromatic N) is 2. The Balaban J connectivity index is 2.07. The Morgan fingerprint density at radius 2 is 1.88 bits per heavy atom. The van der Waals surface area contributed by atoms with Gasteiger partial charge in [-0.2, -0.15) is 4.99 Å². The first kappa shape index (κ1) is 17.0. The summed E-state index contributed by atoms with van der Waals surface area (Å²) in [6.07, 6.45) is 0.151. The number of aryl methyl sites for hydroxylation is 1. The highest BCUT2D eigenvalue weighted by Gasteiger charge is 2.13. The number of carbonyl (C=O) groups is 2. The molecular formula is C18H15FN2O3S. The summed E-state index contributed by atoms with van der Waals surface area (Å²) in [6.45, 7) is 0.320. The molecule has 1 aromatic heterocycles. The Kier molecular flexibility index (Phi) is 5.04. The fourth-order valence-corrected chi connectivity index (χ4v) is 3.46. The number of thiazole rings is 1. The van der Waals surface area contributed by atoms with Crippen molar-refractivity contribution < 1.29 is 18.7 Å². The lowest BCUT2D eigenvalue weighted by atomic mass is 10.2. The van der Waals surface area contributed by atoms with Crippen molar-refractivity contribution in [1.82, 2.24) is 4.57 Å². The molecule has 128 valence electrons. The molecule has 3 aromatic rings. The first-order valence-electron chi connectivity index (χ1n) is 7.59. The van der Waals surface area contributed by atoms with E-state index in [-0.39, 0.29) is 18.0 Å². The Bertz CT molecular complexity index is 1010. The van der Waals surface area contributed by atoms with Gasteiger partial charge in [0.05, 0.1) is 29.3 Å². The highest BCUT2D eigenvalue weighted by atomic mass is 32.1. The lowest BCUT2D eigenvalue weighted by molar-refractivity contribution is -0.140. The molecule has 25 heavy (non-hydrogen) atoms. The minimum Gasteiger partial charge on any atom is -0.469 e. The summed E-state index contributed by atoms with van der Waals surface area (Å²) in [5.74, 6) is -1.62. The van der Waals surface area contributed by atoms with Gasteiger partial charge in [0.1, 0.15) is 5.82 Å². The van der Waals surface area contributed by atoms with Gasteiger partial charge in [0.2, 0.25) is 0 Å². The first-order valence-corrected chi connectivity index (χ1v) is 8.40. The molecule has 0 unspecified atom stereocenters. The second kappa shape index (κ2) is 7.40. The lowest BCUT2D eigenvalue weighted by Crippen LogP contribution is -2.19. The van der Waals surface area contributed by atoms with E-state index in [1.807, 2.05) is 24.3 Å². The van der Waals surface area contributed by atoms with Crippen LogP contribution in [0.3, 0.4) is 0 Å². The lowest BCUT2D eigenvalue weighted by Gasteiger charge is -2.04. The van der Waals surface area contributed by atoms with E-state index in [4.69, 9.17) is 0 Å². The zero-order valence-corrected chi connectivity index (χ0v) is 14.3. The van der Waals surface area contributed by atoms with Crippen LogP contribution in [0.1, 0.15) is 16.8 Å². The molecule has 0 atom stereocenters. The molecule has 1 heterocycles. The van der Waals surface area contributed by atoms with Gasteiger partial charge in [-0.25, -0.2) is 4.39 Å². The highest BCUT2D eigenvalue weighted by molar-refractivity contribution is 7.16. The van der Waals surface area contributed by atoms with E-state index >= 15 is 0 Å². The van der Waals surface area contributed by atoms with Crippen LogP contribution in [0.4, 0.5) is 4.39 Å². The number of rotatable bonds is 4. The fraction of sp³-hybridized carbons (Fsp3) is 0.167. The number of ether oxygens (including phenoxy) is 1. The molecular weight excluding hydrogens is 343 g/mol. The number of esters is 1. The quantitative estimate of drug-likeness (QED) is 0.673. The van der Waals surface area contributed by atoms with Crippen LogP contribution in [0.25, 0.3) is 10.2 Å². The van der Waals surface area contributed by atoms with Crippen LogP contribution < -0.4 is 4.80 Å². The SMILES string of the molecule is COC(=O)CCn1c(=NC(=O)c2ccccc2F)sc2ccccc21. The van der Waals surface area contributed by atoms with E-state index in [0.29, 0.717) is 11.3 Å². The fourth-order valence-electron chi connectivity index (χ4n) is 2.41. The predicted molar refractivity (Wildman–Crippen MR) is 92.7 cm³/mol. The summed E-state index contributed by atoms with van der Waals surface area (Å²) >= 11 is 1.31. The van der Waals surface area contributed by atoms with Gasteiger partial charge in [-0.1, -0.05) is 35.6 Å². The Morgan fingerprint density at radius 3 is 2.64 bits per heavy atom. The van der Waals surface area contributed by atoms with Gasteiger partial charge in [0.15, 0.2) is 4.80 Å². The molecule has 0 bridgehead atoms. The number of carbonyl (C=O) groups excluding carboxylic acids is 2. The van der Waals surface area contributed by atoms with E-state index < -0.39 is 11.7 Å². The Morgan fingerprint density at radius 1 is 1.16 bits per heavy atom. The normalized spacial score (nSPS) is 11.7. The average molecular weight is 358 g/mol. The topological polar surface area (TPSA) is 60.7 Å². The van der Waals surface area contributed by atoms with Gasteiger partial charge in [-0.3, -0.25) is 9.59 Å². The molecule has 0 aliphatic rings. The minimum atomic E-state index is -0.656. The van der Waals surface area contributed by atoms with Crippen molar-refractivity contribution in [3.63, 3.8) is 0 Å². The molecule has 0 fully saturated rings. The number of amides is 1. The van der Waals surface area contributed by atoms with Crippen molar-refractivity contribution in [1.29, 1.82) is 0 Å². The molecule has 0 saturated carbocycles. The molecule has 0 aliphatic heterocycles. The Hall–Kier alpha value is -2.80. The van der Waals surface area contributed by atoms with Gasteiger partial charge in [-0.05, 0) is 24.3 Å². The Labute approximate surface area is 147 Å². The summed E-state index contributed by atoms with van der Waals surface area (Å²) < 4.78 is 21.2. The van der Waals surface area contributed by atoms with Crippen LogP contribution in [0.5, 0.6) is 0 Å². The van der Waals surface area contributed by atoms with E-state index in [0.717, 1.165) is 10.2 Å². The summed E-state index contributed by atoms with van der Waals surface area (Å²) in [4.78, 5) is 28.3. The number of fused-ring (bicyclic) bond motifs is 1. The monoisotopic (exact) mass is 358 g/mol. The highest BCUT2D eigenvalue weighted by Crippen LogP contribution is 2.17. The third kappa shape index (κ3) is 3.66. The number of hydrogen-bond acceptors (Lipinski definition) is 4. The number of halogens is 1. The van der Waals surface area contributed by atoms with Crippen molar-refractivity contribution in [2.75, 3.05) is 7.11 Å². The molecule has 0 aliphatic carbocycles. The number of benzene rings is 2. The molecule has 0 radical (unpaired) electrons. The second-order valence-electron chi connectivity index (χ2n) is 5.23. The standard InChI is InChI=1S/C18H15FN2O3S/c1-24-16(22)10-11-21-14-8-4-5-9-15(14)25-18(21)20-17(23)12-6-2-3-7-13(12)19/h2-9H,10-11H2,1H3. The zero-order chi connectivity index (χ0) is 17.8. The van der Waals surface area contributed by atoms with Gasteiger partial charge in [-0.15, -0.1) is 0 Å². The molecule has 0 spiro atoms. The van der Waals surface area contributed by atoms with Gasteiger partial charge in [0.25, 0.3) is 5.91 Å². The van der Waals surface area contributed by atoms with Crippen LogP contribution in [-0.2, 0) is 16.1 Å². The molecule has 1 amide bonds. The van der Waals surface area contributed by atoms with Gasteiger partial charge >= 0.3 is 5.97 Å². The number of para-hydroxylation sites is 1. The maximum Gasteiger partial charge on any atom is 0.307 e. The molecule has 0 saturated heterocycles. The van der Waals surface area contributed by atoms with Crippen molar-refractivity contribution in [3.05, 3.63) is 64.7 Å². The number of methoxy groups -OCH3 is 1. The second-order valence-corrected chi connectivity index (χ2v) is 6.24. The smallest absolute Gasteiger partial charge is 0.307 e. The molecule has 0 N–H and O–H groups in total. The summed E-state index contributed by atoms with van der Waals surface area (Å²) in [6, 6.07) is 13.3. The molecule has 7 heteroatoms. The molecule has 2 aromatic carbocycles. The van der Waals surface area contributed by atoms with Crippen LogP contribution in [0, 0.1) is 5.82 Å². The molecule has 5 nitrogen and oxygen atoms in total. The van der Waals surface area contributed by atoms with E-state index in [2.05, 4.69) is 9.73 Å². The zero-order valence-electron chi connectivity index (χ0n) is 13.4. The maximum atomic E-state index is 13.8.